The van der Waals surface area contributed by atoms with Crippen LogP contribution in [0.25, 0.3) is 0 Å². The van der Waals surface area contributed by atoms with Gasteiger partial charge in [-0.2, -0.15) is 5.10 Å². The van der Waals surface area contributed by atoms with E-state index in [2.05, 4.69) is 23.6 Å². The molecule has 6 nitrogen and oxygen atoms in total. The van der Waals surface area contributed by atoms with Gasteiger partial charge in [-0.3, -0.25) is 14.4 Å². The first-order valence-corrected chi connectivity index (χ1v) is 14.6. The fourth-order valence-electron chi connectivity index (χ4n) is 6.74. The lowest BCUT2D eigenvalue weighted by Gasteiger charge is -2.34. The maximum atomic E-state index is 13.3. The molecule has 0 spiro atoms. The van der Waals surface area contributed by atoms with Gasteiger partial charge in [0.25, 0.3) is 0 Å². The highest BCUT2D eigenvalue weighted by molar-refractivity contribution is 5.74. The monoisotopic (exact) mass is 526 g/mol. The zero-order valence-corrected chi connectivity index (χ0v) is 24.0. The fourth-order valence-corrected chi connectivity index (χ4v) is 6.74. The number of carbonyl (C=O) groups is 1. The van der Waals surface area contributed by atoms with Crippen LogP contribution in [0.5, 0.6) is 0 Å². The molecule has 1 aliphatic carbocycles. The van der Waals surface area contributed by atoms with Crippen molar-refractivity contribution in [2.75, 3.05) is 33.2 Å². The number of hydrogen-bond donors (Lipinski definition) is 1. The van der Waals surface area contributed by atoms with Crippen molar-refractivity contribution in [2.45, 2.75) is 97.1 Å². The van der Waals surface area contributed by atoms with E-state index in [9.17, 15) is 14.3 Å². The van der Waals surface area contributed by atoms with Crippen LogP contribution >= 0.6 is 0 Å². The molecule has 2 fully saturated rings. The summed E-state index contributed by atoms with van der Waals surface area (Å²) in [6, 6.07) is 6.13. The van der Waals surface area contributed by atoms with Gasteiger partial charge >= 0.3 is 5.97 Å². The first kappa shape index (κ1) is 28.8. The van der Waals surface area contributed by atoms with Gasteiger partial charge in [0.2, 0.25) is 0 Å². The third-order valence-electron chi connectivity index (χ3n) is 8.63. The number of carboxylic acids is 1. The van der Waals surface area contributed by atoms with Gasteiger partial charge in [0, 0.05) is 24.7 Å². The van der Waals surface area contributed by atoms with E-state index in [0.29, 0.717) is 6.54 Å². The molecule has 3 aliphatic rings. The Morgan fingerprint density at radius 2 is 1.79 bits per heavy atom. The van der Waals surface area contributed by atoms with Gasteiger partial charge in [-0.15, -0.1) is 0 Å². The van der Waals surface area contributed by atoms with Gasteiger partial charge in [0.15, 0.2) is 0 Å². The molecule has 2 atom stereocenters. The summed E-state index contributed by atoms with van der Waals surface area (Å²) in [5.74, 6) is -0.0330. The summed E-state index contributed by atoms with van der Waals surface area (Å²) in [4.78, 5) is 16.0. The molecular weight excluding hydrogens is 479 g/mol. The number of fused-ring (bicyclic) bond motifs is 1. The molecule has 210 valence electrons. The van der Waals surface area contributed by atoms with Crippen molar-refractivity contribution >= 4 is 5.97 Å². The van der Waals surface area contributed by atoms with Gasteiger partial charge in [-0.05, 0) is 113 Å². The smallest absolute Gasteiger partial charge is 0.321 e. The maximum Gasteiger partial charge on any atom is 0.321 e. The van der Waals surface area contributed by atoms with E-state index in [1.165, 1.54) is 63.4 Å². The molecule has 0 radical (unpaired) electrons. The van der Waals surface area contributed by atoms with Gasteiger partial charge in [0.05, 0.1) is 5.69 Å². The summed E-state index contributed by atoms with van der Waals surface area (Å²) in [7, 11) is 2.24. The Labute approximate surface area is 228 Å². The predicted octanol–water partition coefficient (Wildman–Crippen LogP) is 5.71. The van der Waals surface area contributed by atoms with Crippen LogP contribution in [0.4, 0.5) is 4.39 Å². The Morgan fingerprint density at radius 1 is 1.11 bits per heavy atom. The second-order valence-electron chi connectivity index (χ2n) is 12.6. The number of benzene rings is 1. The van der Waals surface area contributed by atoms with E-state index in [1.807, 2.05) is 31.7 Å². The van der Waals surface area contributed by atoms with Gasteiger partial charge < -0.3 is 10.0 Å². The molecule has 38 heavy (non-hydrogen) atoms. The van der Waals surface area contributed by atoms with Gasteiger partial charge in [-0.25, -0.2) is 4.39 Å². The van der Waals surface area contributed by atoms with Crippen molar-refractivity contribution in [1.29, 1.82) is 0 Å². The minimum absolute atomic E-state index is 0.217. The third kappa shape index (κ3) is 6.66. The molecule has 2 unspecified atom stereocenters. The molecule has 0 amide bonds. The number of piperidine rings is 1. The lowest BCUT2D eigenvalue weighted by Crippen LogP contribution is -2.48. The zero-order chi connectivity index (χ0) is 27.4. The van der Waals surface area contributed by atoms with Crippen molar-refractivity contribution in [1.82, 2.24) is 19.6 Å². The minimum atomic E-state index is -0.780. The van der Waals surface area contributed by atoms with Crippen molar-refractivity contribution in [2.24, 2.45) is 5.41 Å². The molecule has 1 aromatic heterocycles. The van der Waals surface area contributed by atoms with Crippen LogP contribution in [0.2, 0.25) is 0 Å². The Balaban J connectivity index is 0.000000178. The maximum absolute atomic E-state index is 13.3. The minimum Gasteiger partial charge on any atom is -0.480 e. The topological polar surface area (TPSA) is 61.6 Å². The molecular formula is C31H47FN4O2. The molecule has 1 aromatic carbocycles. The number of rotatable bonds is 5. The number of aliphatic carboxylic acids is 1. The Kier molecular flexibility index (Phi) is 9.30. The summed E-state index contributed by atoms with van der Waals surface area (Å²) < 4.78 is 15.6. The molecule has 0 bridgehead atoms. The molecule has 3 heterocycles. The zero-order valence-electron chi connectivity index (χ0n) is 24.0. The summed E-state index contributed by atoms with van der Waals surface area (Å²) in [5, 5.41) is 14.3. The first-order valence-electron chi connectivity index (χ1n) is 14.6. The van der Waals surface area contributed by atoms with Crippen LogP contribution in [0.1, 0.15) is 94.1 Å². The molecule has 5 rings (SSSR count). The highest BCUT2D eigenvalue weighted by Gasteiger charge is 2.40. The number of aryl methyl sites for hydroxylation is 2. The second-order valence-corrected chi connectivity index (χ2v) is 12.6. The summed E-state index contributed by atoms with van der Waals surface area (Å²) in [6.07, 6.45) is 8.69. The summed E-state index contributed by atoms with van der Waals surface area (Å²) in [5.41, 5.74) is 5.28. The molecule has 2 aromatic rings. The fraction of sp³-hybridized carbons (Fsp3) is 0.677. The van der Waals surface area contributed by atoms with E-state index in [1.54, 1.807) is 23.4 Å². The van der Waals surface area contributed by atoms with Crippen molar-refractivity contribution in [3.8, 4) is 0 Å². The molecule has 1 N–H and O–H groups in total. The second kappa shape index (κ2) is 12.3. The predicted molar refractivity (Wildman–Crippen MR) is 150 cm³/mol. The molecule has 0 saturated carbocycles. The molecule has 2 saturated heterocycles. The van der Waals surface area contributed by atoms with E-state index >= 15 is 0 Å². The SMILES string of the molecule is CC(C)(C)C(C(=O)O)N1CCC(c2cccc(F)c2)C1.CCn1nc2c(c1C1CCN(C)CC1)CCCC2. The number of halogens is 1. The van der Waals surface area contributed by atoms with Crippen LogP contribution in [0.3, 0.4) is 0 Å². The largest absolute Gasteiger partial charge is 0.480 e. The van der Waals surface area contributed by atoms with Crippen LogP contribution in [-0.2, 0) is 24.2 Å². The van der Waals surface area contributed by atoms with Crippen molar-refractivity contribution < 1.29 is 14.3 Å². The number of hydrogen-bond acceptors (Lipinski definition) is 4. The quantitative estimate of drug-likeness (QED) is 0.541. The summed E-state index contributed by atoms with van der Waals surface area (Å²) in [6.45, 7) is 13.0. The highest BCUT2D eigenvalue weighted by atomic mass is 19.1. The Bertz CT molecular complexity index is 1080. The lowest BCUT2D eigenvalue weighted by atomic mass is 9.85. The Hall–Kier alpha value is -2.25. The Morgan fingerprint density at radius 3 is 2.42 bits per heavy atom. The van der Waals surface area contributed by atoms with E-state index in [0.717, 1.165) is 31.0 Å². The van der Waals surface area contributed by atoms with Gasteiger partial charge in [-0.1, -0.05) is 32.9 Å². The van der Waals surface area contributed by atoms with Gasteiger partial charge in [0.1, 0.15) is 11.9 Å². The van der Waals surface area contributed by atoms with E-state index < -0.39 is 12.0 Å². The van der Waals surface area contributed by atoms with Crippen LogP contribution < -0.4 is 0 Å². The first-order chi connectivity index (χ1) is 18.1. The van der Waals surface area contributed by atoms with E-state index in [-0.39, 0.29) is 17.2 Å². The molecule has 7 heteroatoms. The highest BCUT2D eigenvalue weighted by Crippen LogP contribution is 2.35. The van der Waals surface area contributed by atoms with Crippen LogP contribution in [0, 0.1) is 11.2 Å². The normalized spacial score (nSPS) is 22.0. The van der Waals surface area contributed by atoms with Crippen molar-refractivity contribution in [3.63, 3.8) is 0 Å². The standard InChI is InChI=1S/C16H22FNO2.C15H25N3/c1-16(2,3)14(15(19)20)18-8-7-12(10-18)11-5-4-6-13(17)9-11;1-3-18-15(12-8-10-17(2)11-9-12)13-6-4-5-7-14(13)16-18/h4-6,9,12,14H,7-8,10H2,1-3H3,(H,19,20);12H,3-11H2,1-2H3. The average molecular weight is 527 g/mol. The molecule has 2 aliphatic heterocycles. The lowest BCUT2D eigenvalue weighted by molar-refractivity contribution is -0.147. The summed E-state index contributed by atoms with van der Waals surface area (Å²) >= 11 is 0. The average Bonchev–Trinajstić information content (AvgIpc) is 3.49. The third-order valence-corrected chi connectivity index (χ3v) is 8.63. The van der Waals surface area contributed by atoms with Crippen LogP contribution in [-0.4, -0.2) is 69.9 Å². The number of likely N-dealkylation sites (tertiary alicyclic amines) is 2. The van der Waals surface area contributed by atoms with E-state index in [4.69, 9.17) is 5.10 Å². The van der Waals surface area contributed by atoms with Crippen molar-refractivity contribution in [3.05, 3.63) is 52.6 Å². The number of nitrogens with zero attached hydrogens (tertiary/aromatic N) is 4. The van der Waals surface area contributed by atoms with Crippen LogP contribution in [0.15, 0.2) is 24.3 Å². The number of aromatic nitrogens is 2. The number of carboxylic acid groups (broad SMARTS) is 1.